The summed E-state index contributed by atoms with van der Waals surface area (Å²) < 4.78 is 0. The van der Waals surface area contributed by atoms with Gasteiger partial charge < -0.3 is 0 Å². The fraction of sp³-hybridized carbons (Fsp3) is 0.630. The molecule has 1 atom stereocenters. The number of allylic oxidation sites excluding steroid dienone is 4. The van der Waals surface area contributed by atoms with E-state index in [2.05, 4.69) is 63.3 Å². The highest BCUT2D eigenvalue weighted by Gasteiger charge is 2.28. The predicted molar refractivity (Wildman–Crippen MR) is 119 cm³/mol. The van der Waals surface area contributed by atoms with Crippen LogP contribution in [0.2, 0.25) is 0 Å². The van der Waals surface area contributed by atoms with Crippen molar-refractivity contribution >= 4 is 0 Å². The van der Waals surface area contributed by atoms with E-state index in [1.807, 2.05) is 0 Å². The summed E-state index contributed by atoms with van der Waals surface area (Å²) in [4.78, 5) is 0. The van der Waals surface area contributed by atoms with Gasteiger partial charge in [-0.3, -0.25) is 0 Å². The Morgan fingerprint density at radius 1 is 0.889 bits per heavy atom. The highest BCUT2D eigenvalue weighted by Crippen LogP contribution is 2.41. The van der Waals surface area contributed by atoms with Crippen LogP contribution in [0.15, 0.2) is 48.1 Å². The lowest BCUT2D eigenvalue weighted by Gasteiger charge is -2.34. The number of rotatable bonds is 7. The van der Waals surface area contributed by atoms with Gasteiger partial charge in [0.05, 0.1) is 0 Å². The molecule has 0 amide bonds. The molecule has 3 rings (SSSR count). The van der Waals surface area contributed by atoms with E-state index in [0.717, 1.165) is 17.8 Å². The Morgan fingerprint density at radius 3 is 2.19 bits per heavy atom. The van der Waals surface area contributed by atoms with Gasteiger partial charge in [0.25, 0.3) is 0 Å². The normalized spacial score (nSPS) is 26.1. The Balaban J connectivity index is 1.57. The first-order valence-corrected chi connectivity index (χ1v) is 11.7. The van der Waals surface area contributed by atoms with Crippen molar-refractivity contribution in [1.82, 2.24) is 0 Å². The maximum Gasteiger partial charge on any atom is 0.00241 e. The maximum absolute atomic E-state index is 2.56. The van der Waals surface area contributed by atoms with E-state index in [1.54, 1.807) is 5.57 Å². The summed E-state index contributed by atoms with van der Waals surface area (Å²) in [5.74, 6) is 3.40. The predicted octanol–water partition coefficient (Wildman–Crippen LogP) is 8.38. The molecule has 0 aliphatic heterocycles. The maximum atomic E-state index is 2.56. The molecule has 0 aromatic heterocycles. The van der Waals surface area contributed by atoms with E-state index in [1.165, 1.54) is 75.3 Å². The zero-order valence-electron chi connectivity index (χ0n) is 17.9. The van der Waals surface area contributed by atoms with Crippen LogP contribution in [0.3, 0.4) is 0 Å². The molecule has 1 saturated carbocycles. The van der Waals surface area contributed by atoms with Gasteiger partial charge in [0.15, 0.2) is 0 Å². The molecule has 0 heteroatoms. The quantitative estimate of drug-likeness (QED) is 0.456. The third-order valence-electron chi connectivity index (χ3n) is 7.11. The molecule has 0 bridgehead atoms. The van der Waals surface area contributed by atoms with Crippen LogP contribution < -0.4 is 0 Å². The summed E-state index contributed by atoms with van der Waals surface area (Å²) in [5, 5.41) is 0. The van der Waals surface area contributed by atoms with Gasteiger partial charge in [0.1, 0.15) is 0 Å². The van der Waals surface area contributed by atoms with Crippen molar-refractivity contribution in [2.45, 2.75) is 90.9 Å². The molecule has 0 heterocycles. The monoisotopic (exact) mass is 364 g/mol. The van der Waals surface area contributed by atoms with Crippen molar-refractivity contribution in [3.8, 4) is 0 Å². The highest BCUT2D eigenvalue weighted by molar-refractivity contribution is 5.32. The molecule has 1 fully saturated rings. The van der Waals surface area contributed by atoms with E-state index in [0.29, 0.717) is 5.92 Å². The van der Waals surface area contributed by atoms with Crippen LogP contribution in [0.4, 0.5) is 0 Å². The lowest BCUT2D eigenvalue weighted by Crippen LogP contribution is -2.22. The SMILES string of the molecule is CCCC(CCC)C1CCC(C2=CCCC(c3ccc(C)cc3)C=C2)CC1. The van der Waals surface area contributed by atoms with Gasteiger partial charge in [-0.2, -0.15) is 0 Å². The summed E-state index contributed by atoms with van der Waals surface area (Å²) in [6.07, 6.45) is 21.4. The molecule has 0 nitrogen and oxygen atoms in total. The summed E-state index contributed by atoms with van der Waals surface area (Å²) >= 11 is 0. The number of aryl methyl sites for hydroxylation is 1. The molecule has 0 N–H and O–H groups in total. The van der Waals surface area contributed by atoms with Crippen LogP contribution in [0, 0.1) is 24.7 Å². The summed E-state index contributed by atoms with van der Waals surface area (Å²) in [6, 6.07) is 9.16. The molecule has 0 spiro atoms. The van der Waals surface area contributed by atoms with Crippen LogP contribution in [0.1, 0.15) is 95.1 Å². The van der Waals surface area contributed by atoms with Crippen LogP contribution in [0.25, 0.3) is 0 Å². The van der Waals surface area contributed by atoms with Crippen LogP contribution in [0.5, 0.6) is 0 Å². The van der Waals surface area contributed by atoms with E-state index in [-0.39, 0.29) is 0 Å². The molecule has 1 aromatic rings. The molecular formula is C27H40. The van der Waals surface area contributed by atoms with Gasteiger partial charge in [0.2, 0.25) is 0 Å². The second-order valence-corrected chi connectivity index (χ2v) is 9.11. The minimum absolute atomic E-state index is 0.592. The molecule has 2 aliphatic rings. The van der Waals surface area contributed by atoms with Crippen molar-refractivity contribution in [3.63, 3.8) is 0 Å². The smallest absolute Gasteiger partial charge is 0.00241 e. The average molecular weight is 365 g/mol. The van der Waals surface area contributed by atoms with Crippen molar-refractivity contribution in [2.24, 2.45) is 17.8 Å². The van der Waals surface area contributed by atoms with Crippen molar-refractivity contribution in [1.29, 1.82) is 0 Å². The molecule has 0 saturated heterocycles. The fourth-order valence-corrected chi connectivity index (χ4v) is 5.50. The van der Waals surface area contributed by atoms with Gasteiger partial charge >= 0.3 is 0 Å². The van der Waals surface area contributed by atoms with Crippen LogP contribution in [-0.4, -0.2) is 0 Å². The van der Waals surface area contributed by atoms with Gasteiger partial charge in [-0.1, -0.05) is 87.6 Å². The van der Waals surface area contributed by atoms with Crippen LogP contribution in [-0.2, 0) is 0 Å². The minimum atomic E-state index is 0.592. The Labute approximate surface area is 168 Å². The summed E-state index contributed by atoms with van der Waals surface area (Å²) in [6.45, 7) is 6.90. The molecule has 2 aliphatic carbocycles. The van der Waals surface area contributed by atoms with E-state index >= 15 is 0 Å². The Morgan fingerprint density at radius 2 is 1.56 bits per heavy atom. The van der Waals surface area contributed by atoms with Crippen molar-refractivity contribution in [2.75, 3.05) is 0 Å². The third-order valence-corrected chi connectivity index (χ3v) is 7.11. The van der Waals surface area contributed by atoms with Gasteiger partial charge in [-0.25, -0.2) is 0 Å². The first-order valence-electron chi connectivity index (χ1n) is 11.7. The standard InChI is InChI=1S/C27H40/c1-4-7-22(8-5-2)26-17-19-27(20-18-26)24-10-6-9-23(15-16-24)25-13-11-21(3)12-14-25/h10-16,22-23,26-27H,4-9,17-20H2,1-3H3. The number of hydrogen-bond donors (Lipinski definition) is 0. The van der Waals surface area contributed by atoms with Crippen LogP contribution >= 0.6 is 0 Å². The van der Waals surface area contributed by atoms with Crippen molar-refractivity contribution in [3.05, 3.63) is 59.2 Å². The average Bonchev–Trinajstić information content (AvgIpc) is 2.95. The molecular weight excluding hydrogens is 324 g/mol. The number of benzene rings is 1. The first kappa shape index (κ1) is 20.4. The zero-order chi connectivity index (χ0) is 19.1. The fourth-order valence-electron chi connectivity index (χ4n) is 5.50. The highest BCUT2D eigenvalue weighted by atomic mass is 14.3. The second-order valence-electron chi connectivity index (χ2n) is 9.11. The molecule has 148 valence electrons. The Bertz CT molecular complexity index is 604. The lowest BCUT2D eigenvalue weighted by atomic mass is 9.71. The van der Waals surface area contributed by atoms with E-state index < -0.39 is 0 Å². The van der Waals surface area contributed by atoms with Gasteiger partial charge in [0, 0.05) is 5.92 Å². The van der Waals surface area contributed by atoms with Crippen molar-refractivity contribution < 1.29 is 0 Å². The third kappa shape index (κ3) is 5.59. The minimum Gasteiger partial charge on any atom is -0.0810 e. The largest absolute Gasteiger partial charge is 0.0810 e. The lowest BCUT2D eigenvalue weighted by molar-refractivity contribution is 0.198. The molecule has 27 heavy (non-hydrogen) atoms. The second kappa shape index (κ2) is 10.3. The molecule has 1 unspecified atom stereocenters. The molecule has 1 aromatic carbocycles. The molecule has 0 radical (unpaired) electrons. The summed E-state index contributed by atoms with van der Waals surface area (Å²) in [5.41, 5.74) is 4.49. The number of hydrogen-bond acceptors (Lipinski definition) is 0. The Kier molecular flexibility index (Phi) is 7.80. The van der Waals surface area contributed by atoms with Gasteiger partial charge in [-0.05, 0) is 74.3 Å². The van der Waals surface area contributed by atoms with Gasteiger partial charge in [-0.15, -0.1) is 0 Å². The van der Waals surface area contributed by atoms with E-state index in [4.69, 9.17) is 0 Å². The zero-order valence-corrected chi connectivity index (χ0v) is 17.9. The van der Waals surface area contributed by atoms with E-state index in [9.17, 15) is 0 Å². The topological polar surface area (TPSA) is 0 Å². The first-order chi connectivity index (χ1) is 13.2. The Hall–Kier alpha value is -1.30. The summed E-state index contributed by atoms with van der Waals surface area (Å²) in [7, 11) is 0.